The van der Waals surface area contributed by atoms with Gasteiger partial charge in [0.25, 0.3) is 0 Å². The lowest BCUT2D eigenvalue weighted by molar-refractivity contribution is -0.0498. The molecule has 0 amide bonds. The van der Waals surface area contributed by atoms with Gasteiger partial charge in [-0.25, -0.2) is 0 Å². The molecule has 1 fully saturated rings. The van der Waals surface area contributed by atoms with E-state index in [2.05, 4.69) is 17.0 Å². The van der Waals surface area contributed by atoms with Crippen LogP contribution >= 0.6 is 0 Å². The molecule has 0 spiro atoms. The predicted octanol–water partition coefficient (Wildman–Crippen LogP) is 4.91. The third-order valence-electron chi connectivity index (χ3n) is 4.33. The summed E-state index contributed by atoms with van der Waals surface area (Å²) in [6.07, 6.45) is 8.13. The van der Waals surface area contributed by atoms with Gasteiger partial charge in [-0.05, 0) is 43.5 Å². The summed E-state index contributed by atoms with van der Waals surface area (Å²) in [7, 11) is 0. The molecule has 0 radical (unpaired) electrons. The molecule has 1 saturated carbocycles. The molecule has 1 aromatic carbocycles. The molecule has 0 bridgehead atoms. The second-order valence-electron chi connectivity index (χ2n) is 5.92. The maximum Gasteiger partial charge on any atom is 0.387 e. The van der Waals surface area contributed by atoms with Gasteiger partial charge in [-0.2, -0.15) is 8.78 Å². The molecule has 4 heteroatoms. The van der Waals surface area contributed by atoms with Gasteiger partial charge in [0.2, 0.25) is 0 Å². The van der Waals surface area contributed by atoms with E-state index in [9.17, 15) is 8.78 Å². The number of alkyl halides is 2. The van der Waals surface area contributed by atoms with Crippen molar-refractivity contribution >= 4 is 0 Å². The fourth-order valence-electron chi connectivity index (χ4n) is 3.04. The Hall–Kier alpha value is -1.16. The van der Waals surface area contributed by atoms with Crippen molar-refractivity contribution in [2.75, 3.05) is 6.54 Å². The fourth-order valence-corrected chi connectivity index (χ4v) is 3.04. The Kier molecular flexibility index (Phi) is 6.43. The lowest BCUT2D eigenvalue weighted by Gasteiger charge is -2.22. The Labute approximate surface area is 125 Å². The largest absolute Gasteiger partial charge is 0.435 e. The molecule has 21 heavy (non-hydrogen) atoms. The molecule has 0 aromatic heterocycles. The molecule has 2 rings (SSSR count). The fraction of sp³-hybridized carbons (Fsp3) is 0.647. The smallest absolute Gasteiger partial charge is 0.387 e. The van der Waals surface area contributed by atoms with Crippen LogP contribution in [0.4, 0.5) is 8.78 Å². The van der Waals surface area contributed by atoms with Crippen molar-refractivity contribution in [2.45, 2.75) is 58.1 Å². The summed E-state index contributed by atoms with van der Waals surface area (Å²) in [4.78, 5) is 0. The first-order chi connectivity index (χ1) is 10.1. The van der Waals surface area contributed by atoms with Crippen molar-refractivity contribution in [3.05, 3.63) is 29.8 Å². The second-order valence-corrected chi connectivity index (χ2v) is 5.92. The summed E-state index contributed by atoms with van der Waals surface area (Å²) in [6.45, 7) is 0.354. The average molecular weight is 297 g/mol. The third-order valence-corrected chi connectivity index (χ3v) is 4.33. The molecule has 1 aliphatic rings. The van der Waals surface area contributed by atoms with E-state index in [0.717, 1.165) is 18.0 Å². The van der Waals surface area contributed by atoms with Gasteiger partial charge in [-0.1, -0.05) is 44.2 Å². The highest BCUT2D eigenvalue weighted by molar-refractivity contribution is 5.28. The number of ether oxygens (including phenoxy) is 1. The maximum atomic E-state index is 12.1. The molecule has 1 atom stereocenters. The van der Waals surface area contributed by atoms with E-state index in [1.807, 2.05) is 12.1 Å². The zero-order valence-corrected chi connectivity index (χ0v) is 12.7. The third kappa shape index (κ3) is 5.62. The molecule has 0 aliphatic heterocycles. The molecule has 1 aliphatic carbocycles. The summed E-state index contributed by atoms with van der Waals surface area (Å²) in [5.74, 6) is 1.09. The molecular formula is C17H25F2NO. The van der Waals surface area contributed by atoms with Gasteiger partial charge < -0.3 is 10.1 Å². The molecule has 0 saturated heterocycles. The summed E-state index contributed by atoms with van der Waals surface area (Å²) >= 11 is 0. The molecule has 1 N–H and O–H groups in total. The zero-order valence-electron chi connectivity index (χ0n) is 12.7. The number of nitrogens with one attached hydrogen (secondary N) is 1. The Morgan fingerprint density at radius 2 is 1.81 bits per heavy atom. The minimum atomic E-state index is -2.76. The lowest BCUT2D eigenvalue weighted by atomic mass is 9.87. The van der Waals surface area contributed by atoms with Gasteiger partial charge in [-0.3, -0.25) is 0 Å². The maximum absolute atomic E-state index is 12.1. The highest BCUT2D eigenvalue weighted by Gasteiger charge is 2.13. The first kappa shape index (κ1) is 16.2. The van der Waals surface area contributed by atoms with Crippen LogP contribution in [0.1, 0.15) is 57.1 Å². The van der Waals surface area contributed by atoms with Gasteiger partial charge in [0, 0.05) is 6.04 Å². The summed E-state index contributed by atoms with van der Waals surface area (Å²) < 4.78 is 28.5. The highest BCUT2D eigenvalue weighted by atomic mass is 19.3. The van der Waals surface area contributed by atoms with E-state index >= 15 is 0 Å². The Morgan fingerprint density at radius 1 is 1.14 bits per heavy atom. The van der Waals surface area contributed by atoms with Gasteiger partial charge in [-0.15, -0.1) is 0 Å². The van der Waals surface area contributed by atoms with Crippen LogP contribution in [0.2, 0.25) is 0 Å². The number of halogens is 2. The topological polar surface area (TPSA) is 21.3 Å². The number of hydrogen-bond acceptors (Lipinski definition) is 2. The lowest BCUT2D eigenvalue weighted by Crippen LogP contribution is -2.22. The normalized spacial score (nSPS) is 17.9. The minimum Gasteiger partial charge on any atom is -0.435 e. The Balaban J connectivity index is 1.73. The van der Waals surface area contributed by atoms with Crippen LogP contribution in [0.25, 0.3) is 0 Å². The van der Waals surface area contributed by atoms with Gasteiger partial charge >= 0.3 is 6.61 Å². The van der Waals surface area contributed by atoms with E-state index < -0.39 is 6.61 Å². The first-order valence-corrected chi connectivity index (χ1v) is 7.93. The first-order valence-electron chi connectivity index (χ1n) is 7.93. The van der Waals surface area contributed by atoms with Crippen LogP contribution in [-0.2, 0) is 0 Å². The van der Waals surface area contributed by atoms with Gasteiger partial charge in [0.05, 0.1) is 0 Å². The van der Waals surface area contributed by atoms with Gasteiger partial charge in [0.15, 0.2) is 0 Å². The van der Waals surface area contributed by atoms with Crippen LogP contribution in [-0.4, -0.2) is 13.2 Å². The Morgan fingerprint density at radius 3 is 2.43 bits per heavy atom. The quantitative estimate of drug-likeness (QED) is 0.772. The van der Waals surface area contributed by atoms with Crippen LogP contribution in [0, 0.1) is 5.92 Å². The van der Waals surface area contributed by atoms with E-state index in [1.54, 1.807) is 12.1 Å². The molecule has 118 valence electrons. The van der Waals surface area contributed by atoms with Crippen LogP contribution < -0.4 is 10.1 Å². The summed E-state index contributed by atoms with van der Waals surface area (Å²) in [5, 5.41) is 3.52. The molecule has 0 heterocycles. The van der Waals surface area contributed by atoms with Crippen LogP contribution in [0.3, 0.4) is 0 Å². The number of hydrogen-bond donors (Lipinski definition) is 1. The second kappa shape index (κ2) is 8.32. The van der Waals surface area contributed by atoms with Crippen molar-refractivity contribution in [1.29, 1.82) is 0 Å². The number of rotatable bonds is 7. The SMILES string of the molecule is CC(NCCC1CCCCC1)c1ccc(OC(F)F)cc1. The molecule has 1 aromatic rings. The Bertz CT molecular complexity index is 402. The zero-order chi connectivity index (χ0) is 15.1. The van der Waals surface area contributed by atoms with Crippen molar-refractivity contribution in [3.8, 4) is 5.75 Å². The van der Waals surface area contributed by atoms with Crippen molar-refractivity contribution < 1.29 is 13.5 Å². The molecule has 2 nitrogen and oxygen atoms in total. The molecular weight excluding hydrogens is 272 g/mol. The highest BCUT2D eigenvalue weighted by Crippen LogP contribution is 2.26. The van der Waals surface area contributed by atoms with E-state index in [4.69, 9.17) is 0 Å². The standard InChI is InChI=1S/C17H25F2NO/c1-13(20-12-11-14-5-3-2-4-6-14)15-7-9-16(10-8-15)21-17(18)19/h7-10,13-14,17,20H,2-6,11-12H2,1H3. The van der Waals surface area contributed by atoms with Crippen LogP contribution in [0.15, 0.2) is 24.3 Å². The summed E-state index contributed by atoms with van der Waals surface area (Å²) in [6, 6.07) is 7.11. The van der Waals surface area contributed by atoms with Crippen molar-refractivity contribution in [3.63, 3.8) is 0 Å². The van der Waals surface area contributed by atoms with E-state index in [-0.39, 0.29) is 11.8 Å². The van der Waals surface area contributed by atoms with E-state index in [1.165, 1.54) is 38.5 Å². The minimum absolute atomic E-state index is 0.211. The van der Waals surface area contributed by atoms with E-state index in [0.29, 0.717) is 0 Å². The van der Waals surface area contributed by atoms with Gasteiger partial charge in [0.1, 0.15) is 5.75 Å². The predicted molar refractivity (Wildman–Crippen MR) is 80.7 cm³/mol. The van der Waals surface area contributed by atoms with Crippen molar-refractivity contribution in [2.24, 2.45) is 5.92 Å². The monoisotopic (exact) mass is 297 g/mol. The van der Waals surface area contributed by atoms with Crippen molar-refractivity contribution in [1.82, 2.24) is 5.32 Å². The number of benzene rings is 1. The molecule has 1 unspecified atom stereocenters. The average Bonchev–Trinajstić information content (AvgIpc) is 2.48. The van der Waals surface area contributed by atoms with Crippen LogP contribution in [0.5, 0.6) is 5.75 Å². The summed E-state index contributed by atoms with van der Waals surface area (Å²) in [5.41, 5.74) is 1.10.